The van der Waals surface area contributed by atoms with E-state index in [9.17, 15) is 9.59 Å². The molecule has 28 heavy (non-hydrogen) atoms. The molecule has 0 fully saturated rings. The average Bonchev–Trinajstić information content (AvgIpc) is 2.64. The predicted molar refractivity (Wildman–Crippen MR) is 114 cm³/mol. The molecule has 0 saturated carbocycles. The van der Waals surface area contributed by atoms with Gasteiger partial charge in [0.2, 0.25) is 0 Å². The van der Waals surface area contributed by atoms with Crippen molar-refractivity contribution in [2.45, 2.75) is 27.2 Å². The second-order valence-corrected chi connectivity index (χ2v) is 7.25. The SMILES string of the molecule is CCCOc1ccc(C(=O)NC(=S)Nn2c(C)cc(C)c(C#N)c2=O)cc1Br. The first-order valence-corrected chi connectivity index (χ1v) is 9.66. The third-order valence-corrected chi connectivity index (χ3v) is 4.61. The van der Waals surface area contributed by atoms with Crippen molar-refractivity contribution < 1.29 is 9.53 Å². The van der Waals surface area contributed by atoms with E-state index >= 15 is 0 Å². The van der Waals surface area contributed by atoms with E-state index in [1.807, 2.05) is 13.0 Å². The third-order valence-electron chi connectivity index (χ3n) is 3.80. The van der Waals surface area contributed by atoms with Crippen LogP contribution >= 0.6 is 28.1 Å². The summed E-state index contributed by atoms with van der Waals surface area (Å²) in [5, 5.41) is 11.6. The Kier molecular flexibility index (Phi) is 7.31. The lowest BCUT2D eigenvalue weighted by molar-refractivity contribution is 0.0977. The number of thiocarbonyl (C=S) groups is 1. The van der Waals surface area contributed by atoms with Crippen molar-refractivity contribution in [3.63, 3.8) is 0 Å². The molecule has 0 unspecified atom stereocenters. The van der Waals surface area contributed by atoms with Crippen LogP contribution in [0.25, 0.3) is 0 Å². The van der Waals surface area contributed by atoms with Gasteiger partial charge in [0.25, 0.3) is 11.5 Å². The van der Waals surface area contributed by atoms with Crippen molar-refractivity contribution in [3.05, 3.63) is 61.5 Å². The molecule has 0 spiro atoms. The van der Waals surface area contributed by atoms with Gasteiger partial charge < -0.3 is 4.74 Å². The van der Waals surface area contributed by atoms with Crippen LogP contribution in [-0.4, -0.2) is 22.3 Å². The molecule has 0 radical (unpaired) electrons. The summed E-state index contributed by atoms with van der Waals surface area (Å²) in [6.45, 7) is 5.96. The van der Waals surface area contributed by atoms with Crippen LogP contribution in [0.2, 0.25) is 0 Å². The number of rotatable bonds is 5. The predicted octanol–water partition coefficient (Wildman–Crippen LogP) is 3.15. The number of pyridine rings is 1. The number of halogens is 1. The zero-order valence-electron chi connectivity index (χ0n) is 15.6. The fraction of sp³-hybridized carbons (Fsp3) is 0.263. The zero-order valence-corrected chi connectivity index (χ0v) is 18.0. The number of benzene rings is 1. The van der Waals surface area contributed by atoms with Gasteiger partial charge in [-0.3, -0.25) is 20.3 Å². The third kappa shape index (κ3) is 4.97. The molecule has 0 aliphatic carbocycles. The average molecular weight is 463 g/mol. The number of amides is 1. The van der Waals surface area contributed by atoms with Crippen LogP contribution in [0.3, 0.4) is 0 Å². The maximum absolute atomic E-state index is 12.4. The van der Waals surface area contributed by atoms with Gasteiger partial charge in [-0.05, 0) is 78.2 Å². The summed E-state index contributed by atoms with van der Waals surface area (Å²) in [5.41, 5.74) is 3.63. The van der Waals surface area contributed by atoms with Gasteiger partial charge in [-0.25, -0.2) is 4.68 Å². The van der Waals surface area contributed by atoms with E-state index in [2.05, 4.69) is 26.7 Å². The molecule has 7 nitrogen and oxygen atoms in total. The van der Waals surface area contributed by atoms with Crippen LogP contribution in [0.4, 0.5) is 0 Å². The maximum atomic E-state index is 12.4. The summed E-state index contributed by atoms with van der Waals surface area (Å²) in [4.78, 5) is 24.8. The van der Waals surface area contributed by atoms with E-state index in [0.717, 1.165) is 11.1 Å². The Morgan fingerprint density at radius 3 is 2.68 bits per heavy atom. The highest BCUT2D eigenvalue weighted by atomic mass is 79.9. The summed E-state index contributed by atoms with van der Waals surface area (Å²) >= 11 is 8.52. The first-order valence-electron chi connectivity index (χ1n) is 8.46. The van der Waals surface area contributed by atoms with E-state index in [0.29, 0.717) is 33.6 Å². The highest BCUT2D eigenvalue weighted by molar-refractivity contribution is 9.10. The Balaban J connectivity index is 2.14. The number of hydrogen-bond donors (Lipinski definition) is 2. The van der Waals surface area contributed by atoms with Crippen molar-refractivity contribution in [1.82, 2.24) is 9.99 Å². The van der Waals surface area contributed by atoms with Gasteiger partial charge in [0, 0.05) is 11.3 Å². The molecule has 1 heterocycles. The fourth-order valence-corrected chi connectivity index (χ4v) is 3.12. The van der Waals surface area contributed by atoms with Crippen molar-refractivity contribution in [3.8, 4) is 11.8 Å². The molecule has 0 aliphatic rings. The van der Waals surface area contributed by atoms with Gasteiger partial charge in [-0.2, -0.15) is 5.26 Å². The Bertz CT molecular complexity index is 1030. The second-order valence-electron chi connectivity index (χ2n) is 5.98. The maximum Gasteiger partial charge on any atom is 0.287 e. The van der Waals surface area contributed by atoms with E-state index < -0.39 is 11.5 Å². The van der Waals surface area contributed by atoms with Gasteiger partial charge in [0.05, 0.1) is 11.1 Å². The highest BCUT2D eigenvalue weighted by Gasteiger charge is 2.14. The number of aromatic nitrogens is 1. The van der Waals surface area contributed by atoms with Crippen molar-refractivity contribution >= 4 is 39.2 Å². The molecule has 2 N–H and O–H groups in total. The molecule has 2 aromatic rings. The van der Waals surface area contributed by atoms with Crippen molar-refractivity contribution in [2.75, 3.05) is 12.0 Å². The first kappa shape index (κ1) is 21.6. The largest absolute Gasteiger partial charge is 0.492 e. The molecular weight excluding hydrogens is 444 g/mol. The number of nitrogens with zero attached hydrogens (tertiary/aromatic N) is 2. The van der Waals surface area contributed by atoms with Crippen LogP contribution < -0.4 is 21.0 Å². The second kappa shape index (κ2) is 9.48. The van der Waals surface area contributed by atoms with E-state index in [4.69, 9.17) is 22.2 Å². The van der Waals surface area contributed by atoms with Crippen LogP contribution in [0, 0.1) is 25.2 Å². The van der Waals surface area contributed by atoms with Crippen LogP contribution in [0.1, 0.15) is 40.5 Å². The van der Waals surface area contributed by atoms with Crippen LogP contribution in [0.15, 0.2) is 33.5 Å². The van der Waals surface area contributed by atoms with Crippen molar-refractivity contribution in [2.24, 2.45) is 0 Å². The first-order chi connectivity index (χ1) is 13.3. The number of carbonyl (C=O) groups is 1. The summed E-state index contributed by atoms with van der Waals surface area (Å²) in [6.07, 6.45) is 0.875. The van der Waals surface area contributed by atoms with E-state index in [1.54, 1.807) is 38.1 Å². The lowest BCUT2D eigenvalue weighted by atomic mass is 10.1. The van der Waals surface area contributed by atoms with Gasteiger partial charge in [-0.15, -0.1) is 0 Å². The number of ether oxygens (including phenoxy) is 1. The summed E-state index contributed by atoms with van der Waals surface area (Å²) < 4.78 is 7.34. The van der Waals surface area contributed by atoms with Gasteiger partial charge >= 0.3 is 0 Å². The molecule has 9 heteroatoms. The molecule has 1 amide bonds. The minimum atomic E-state index is -0.531. The monoisotopic (exact) mass is 462 g/mol. The normalized spacial score (nSPS) is 10.1. The quantitative estimate of drug-likeness (QED) is 0.662. The summed E-state index contributed by atoms with van der Waals surface area (Å²) in [5.74, 6) is 0.198. The Morgan fingerprint density at radius 1 is 1.36 bits per heavy atom. The Labute approximate surface area is 176 Å². The molecule has 1 aromatic heterocycles. The lowest BCUT2D eigenvalue weighted by Gasteiger charge is -2.15. The minimum Gasteiger partial charge on any atom is -0.492 e. The van der Waals surface area contributed by atoms with E-state index in [1.165, 1.54) is 0 Å². The molecular formula is C19H19BrN4O3S. The molecule has 0 saturated heterocycles. The van der Waals surface area contributed by atoms with Crippen LogP contribution in [-0.2, 0) is 0 Å². The summed E-state index contributed by atoms with van der Waals surface area (Å²) in [7, 11) is 0. The number of nitriles is 1. The smallest absolute Gasteiger partial charge is 0.287 e. The fourth-order valence-electron chi connectivity index (χ4n) is 2.44. The van der Waals surface area contributed by atoms with Gasteiger partial charge in [0.15, 0.2) is 5.11 Å². The topological polar surface area (TPSA) is 96.2 Å². The number of aryl methyl sites for hydroxylation is 2. The molecule has 1 aromatic carbocycles. The molecule has 0 aliphatic heterocycles. The Morgan fingerprint density at radius 2 is 2.07 bits per heavy atom. The standard InChI is InChI=1S/C19H19BrN4O3S/c1-4-7-27-16-6-5-13(9-15(16)20)17(25)22-19(28)23-24-12(3)8-11(2)14(10-21)18(24)26/h5-6,8-9H,4,7H2,1-3H3,(H2,22,23,25,28). The highest BCUT2D eigenvalue weighted by Crippen LogP contribution is 2.26. The molecule has 0 atom stereocenters. The van der Waals surface area contributed by atoms with Crippen LogP contribution in [0.5, 0.6) is 5.75 Å². The Hall–Kier alpha value is -2.70. The number of nitrogens with one attached hydrogen (secondary N) is 2. The molecule has 2 rings (SSSR count). The number of hydrogen-bond acceptors (Lipinski definition) is 5. The van der Waals surface area contributed by atoms with Crippen molar-refractivity contribution in [1.29, 1.82) is 5.26 Å². The zero-order chi connectivity index (χ0) is 20.8. The van der Waals surface area contributed by atoms with Gasteiger partial charge in [0.1, 0.15) is 17.4 Å². The van der Waals surface area contributed by atoms with Gasteiger partial charge in [-0.1, -0.05) is 6.92 Å². The summed E-state index contributed by atoms with van der Waals surface area (Å²) in [6, 6.07) is 8.49. The molecule has 0 bridgehead atoms. The lowest BCUT2D eigenvalue weighted by Crippen LogP contribution is -2.43. The number of carbonyl (C=O) groups excluding carboxylic acids is 1. The molecule has 146 valence electrons. The minimum absolute atomic E-state index is 0.0128. The van der Waals surface area contributed by atoms with E-state index in [-0.39, 0.29) is 10.7 Å².